The van der Waals surface area contributed by atoms with Crippen molar-refractivity contribution in [2.75, 3.05) is 0 Å². The number of benzene rings is 2. The molecule has 1 aromatic heterocycles. The van der Waals surface area contributed by atoms with E-state index >= 15 is 0 Å². The highest BCUT2D eigenvalue weighted by Crippen LogP contribution is 2.21. The number of thiazole rings is 1. The first kappa shape index (κ1) is 22.3. The number of para-hydroxylation sites is 1. The molecule has 1 aliphatic carbocycles. The van der Waals surface area contributed by atoms with Gasteiger partial charge in [-0.25, -0.2) is 4.98 Å². The van der Waals surface area contributed by atoms with Crippen LogP contribution >= 0.6 is 22.9 Å². The van der Waals surface area contributed by atoms with Crippen LogP contribution in [0.15, 0.2) is 60.0 Å². The number of nitrogens with one attached hydrogen (secondary N) is 2. The molecule has 1 heterocycles. The molecular formula is C24H24ClN3O3S. The van der Waals surface area contributed by atoms with Crippen molar-refractivity contribution < 1.29 is 14.3 Å². The molecule has 6 nitrogen and oxygen atoms in total. The molecular weight excluding hydrogens is 446 g/mol. The fraction of sp³-hybridized carbons (Fsp3) is 0.292. The van der Waals surface area contributed by atoms with E-state index in [4.69, 9.17) is 16.3 Å². The summed E-state index contributed by atoms with van der Waals surface area (Å²) in [7, 11) is 0. The van der Waals surface area contributed by atoms with Crippen molar-refractivity contribution in [3.63, 3.8) is 0 Å². The van der Waals surface area contributed by atoms with E-state index in [0.717, 1.165) is 36.4 Å². The molecule has 0 spiro atoms. The Bertz CT molecular complexity index is 1060. The van der Waals surface area contributed by atoms with Gasteiger partial charge in [-0.15, -0.1) is 11.3 Å². The molecule has 32 heavy (non-hydrogen) atoms. The van der Waals surface area contributed by atoms with Crippen LogP contribution in [0.2, 0.25) is 5.02 Å². The molecule has 2 aromatic carbocycles. The molecule has 2 amide bonds. The summed E-state index contributed by atoms with van der Waals surface area (Å²) in [6, 6.07) is 16.0. The third kappa shape index (κ3) is 5.87. The van der Waals surface area contributed by atoms with Gasteiger partial charge in [0.05, 0.1) is 0 Å². The smallest absolute Gasteiger partial charge is 0.271 e. The zero-order valence-corrected chi connectivity index (χ0v) is 19.0. The highest BCUT2D eigenvalue weighted by atomic mass is 35.5. The van der Waals surface area contributed by atoms with Crippen LogP contribution in [0.1, 0.15) is 51.5 Å². The largest absolute Gasteiger partial charge is 0.486 e. The molecule has 2 unspecified atom stereocenters. The maximum Gasteiger partial charge on any atom is 0.271 e. The Balaban J connectivity index is 1.34. The number of hydrogen-bond acceptors (Lipinski definition) is 5. The van der Waals surface area contributed by atoms with Gasteiger partial charge in [-0.05, 0) is 49.2 Å². The minimum Gasteiger partial charge on any atom is -0.486 e. The van der Waals surface area contributed by atoms with Gasteiger partial charge in [0.2, 0.25) is 0 Å². The summed E-state index contributed by atoms with van der Waals surface area (Å²) in [6.07, 6.45) is 3.64. The van der Waals surface area contributed by atoms with Crippen LogP contribution in [0, 0.1) is 0 Å². The molecule has 4 rings (SSSR count). The molecule has 2 atom stereocenters. The van der Waals surface area contributed by atoms with Crippen molar-refractivity contribution in [3.05, 3.63) is 81.3 Å². The van der Waals surface area contributed by atoms with Crippen LogP contribution in [-0.4, -0.2) is 28.9 Å². The number of nitrogens with zero attached hydrogens (tertiary/aromatic N) is 1. The van der Waals surface area contributed by atoms with Crippen LogP contribution in [0.3, 0.4) is 0 Å². The van der Waals surface area contributed by atoms with Crippen molar-refractivity contribution >= 4 is 34.8 Å². The molecule has 1 fully saturated rings. The lowest BCUT2D eigenvalue weighted by Crippen LogP contribution is -2.53. The van der Waals surface area contributed by atoms with E-state index in [1.165, 1.54) is 11.3 Å². The standard InChI is InChI=1S/C24H24ClN3O3S/c25-17-12-10-16(11-13-17)23(29)27-19-8-4-5-9-20(19)28-24(30)21-15-32-22(26-21)14-31-18-6-2-1-3-7-18/h1-3,6-7,10-13,15,19-20H,4-5,8-9,14H2,(H,27,29)(H,28,30). The molecule has 1 aliphatic rings. The zero-order valence-electron chi connectivity index (χ0n) is 17.4. The van der Waals surface area contributed by atoms with Crippen LogP contribution in [0.25, 0.3) is 0 Å². The second kappa shape index (κ2) is 10.6. The second-order valence-electron chi connectivity index (χ2n) is 7.68. The lowest BCUT2D eigenvalue weighted by atomic mass is 9.90. The van der Waals surface area contributed by atoms with E-state index in [2.05, 4.69) is 15.6 Å². The highest BCUT2D eigenvalue weighted by Gasteiger charge is 2.29. The minimum absolute atomic E-state index is 0.129. The second-order valence-corrected chi connectivity index (χ2v) is 9.06. The SMILES string of the molecule is O=C(NC1CCCCC1NC(=O)c1csc(COc2ccccc2)n1)c1ccc(Cl)cc1. The van der Waals surface area contributed by atoms with Gasteiger partial charge in [0, 0.05) is 28.0 Å². The number of hydrogen-bond donors (Lipinski definition) is 2. The number of rotatable bonds is 7. The van der Waals surface area contributed by atoms with Crippen LogP contribution < -0.4 is 15.4 Å². The minimum atomic E-state index is -0.232. The lowest BCUT2D eigenvalue weighted by molar-refractivity contribution is 0.0860. The Kier molecular flexibility index (Phi) is 7.39. The van der Waals surface area contributed by atoms with E-state index < -0.39 is 0 Å². The predicted octanol–water partition coefficient (Wildman–Crippen LogP) is 4.85. The van der Waals surface area contributed by atoms with Crippen LogP contribution in [0.5, 0.6) is 5.75 Å². The van der Waals surface area contributed by atoms with E-state index in [-0.39, 0.29) is 23.9 Å². The first-order valence-electron chi connectivity index (χ1n) is 10.6. The Labute approximate surface area is 196 Å². The van der Waals surface area contributed by atoms with Crippen molar-refractivity contribution in [1.29, 1.82) is 0 Å². The molecule has 8 heteroatoms. The third-order valence-electron chi connectivity index (χ3n) is 5.40. The molecule has 1 saturated carbocycles. The summed E-state index contributed by atoms with van der Waals surface area (Å²) in [5.74, 6) is 0.363. The Morgan fingerprint density at radius 1 is 0.969 bits per heavy atom. The summed E-state index contributed by atoms with van der Waals surface area (Å²) in [5, 5.41) is 9.19. The Morgan fingerprint density at radius 2 is 1.62 bits per heavy atom. The fourth-order valence-corrected chi connectivity index (χ4v) is 4.53. The monoisotopic (exact) mass is 469 g/mol. The summed E-state index contributed by atoms with van der Waals surface area (Å²) in [4.78, 5) is 29.8. The quantitative estimate of drug-likeness (QED) is 0.518. The van der Waals surface area contributed by atoms with Crippen molar-refractivity contribution in [2.45, 2.75) is 44.4 Å². The molecule has 0 bridgehead atoms. The Morgan fingerprint density at radius 3 is 2.31 bits per heavy atom. The number of ether oxygens (including phenoxy) is 1. The molecule has 166 valence electrons. The number of halogens is 1. The van der Waals surface area contributed by atoms with E-state index in [9.17, 15) is 9.59 Å². The summed E-state index contributed by atoms with van der Waals surface area (Å²) in [6.45, 7) is 0.311. The van der Waals surface area contributed by atoms with Gasteiger partial charge < -0.3 is 15.4 Å². The number of carbonyl (C=O) groups excluding carboxylic acids is 2. The normalized spacial score (nSPS) is 18.0. The highest BCUT2D eigenvalue weighted by molar-refractivity contribution is 7.09. The lowest BCUT2D eigenvalue weighted by Gasteiger charge is -2.32. The molecule has 3 aromatic rings. The maximum absolute atomic E-state index is 12.8. The first-order chi connectivity index (χ1) is 15.6. The summed E-state index contributed by atoms with van der Waals surface area (Å²) >= 11 is 7.30. The predicted molar refractivity (Wildman–Crippen MR) is 125 cm³/mol. The fourth-order valence-electron chi connectivity index (χ4n) is 3.71. The average Bonchev–Trinajstić information content (AvgIpc) is 3.29. The van der Waals surface area contributed by atoms with E-state index in [0.29, 0.717) is 22.9 Å². The van der Waals surface area contributed by atoms with Gasteiger partial charge >= 0.3 is 0 Å². The van der Waals surface area contributed by atoms with Crippen molar-refractivity contribution in [3.8, 4) is 5.75 Å². The van der Waals surface area contributed by atoms with E-state index in [1.54, 1.807) is 29.6 Å². The molecule has 0 aliphatic heterocycles. The average molecular weight is 470 g/mol. The topological polar surface area (TPSA) is 80.3 Å². The van der Waals surface area contributed by atoms with Crippen molar-refractivity contribution in [1.82, 2.24) is 15.6 Å². The van der Waals surface area contributed by atoms with Crippen molar-refractivity contribution in [2.24, 2.45) is 0 Å². The third-order valence-corrected chi connectivity index (χ3v) is 6.47. The van der Waals surface area contributed by atoms with Crippen LogP contribution in [-0.2, 0) is 6.61 Å². The molecule has 0 saturated heterocycles. The molecule has 2 N–H and O–H groups in total. The van der Waals surface area contributed by atoms with E-state index in [1.807, 2.05) is 30.3 Å². The van der Waals surface area contributed by atoms with Gasteiger partial charge in [0.25, 0.3) is 11.8 Å². The van der Waals surface area contributed by atoms with Gasteiger partial charge in [0.1, 0.15) is 23.1 Å². The maximum atomic E-state index is 12.8. The first-order valence-corrected chi connectivity index (χ1v) is 11.8. The molecule has 0 radical (unpaired) electrons. The summed E-state index contributed by atoms with van der Waals surface area (Å²) in [5.41, 5.74) is 0.919. The number of carbonyl (C=O) groups is 2. The zero-order chi connectivity index (χ0) is 22.3. The van der Waals surface area contributed by atoms with Gasteiger partial charge in [-0.3, -0.25) is 9.59 Å². The van der Waals surface area contributed by atoms with Gasteiger partial charge in [0.15, 0.2) is 0 Å². The van der Waals surface area contributed by atoms with Gasteiger partial charge in [-0.2, -0.15) is 0 Å². The summed E-state index contributed by atoms with van der Waals surface area (Å²) < 4.78 is 5.71. The van der Waals surface area contributed by atoms with Gasteiger partial charge in [-0.1, -0.05) is 42.6 Å². The van der Waals surface area contributed by atoms with Crippen LogP contribution in [0.4, 0.5) is 0 Å². The Hall–Kier alpha value is -2.90. The number of aromatic nitrogens is 1. The number of amides is 2.